The Morgan fingerprint density at radius 1 is 0.971 bits per heavy atom. The van der Waals surface area contributed by atoms with Crippen molar-refractivity contribution in [2.75, 3.05) is 0 Å². The number of carbonyl (C=O) groups excluding carboxylic acids is 1. The van der Waals surface area contributed by atoms with Crippen LogP contribution in [-0.2, 0) is 35.9 Å². The van der Waals surface area contributed by atoms with Crippen LogP contribution >= 0.6 is 0 Å². The quantitative estimate of drug-likeness (QED) is 0.223. The lowest BCUT2D eigenvalue weighted by atomic mass is 9.60. The molecule has 8 nitrogen and oxygen atoms in total. The maximum atomic E-state index is 12.9. The van der Waals surface area contributed by atoms with Gasteiger partial charge in [-0.2, -0.15) is 5.10 Å². The summed E-state index contributed by atoms with van der Waals surface area (Å²) in [5.74, 6) is 0.717. The highest BCUT2D eigenvalue weighted by Gasteiger charge is 2.50. The van der Waals surface area contributed by atoms with Gasteiger partial charge in [0.2, 0.25) is 0 Å². The Balaban J connectivity index is 1.95. The van der Waals surface area contributed by atoms with Gasteiger partial charge in [-0.25, -0.2) is 9.67 Å². The van der Waals surface area contributed by atoms with Gasteiger partial charge in [0.1, 0.15) is 5.82 Å². The zero-order chi connectivity index (χ0) is 24.6. The molecule has 3 rings (SSSR count). The molecule has 9 heteroatoms. The summed E-state index contributed by atoms with van der Waals surface area (Å²) in [6.45, 7) is 1.36. The van der Waals surface area contributed by atoms with Crippen LogP contribution in [0.3, 0.4) is 0 Å². The highest BCUT2D eigenvalue weighted by molar-refractivity contribution is 6.50. The van der Waals surface area contributed by atoms with Crippen molar-refractivity contribution in [3.8, 4) is 0 Å². The Kier molecular flexibility index (Phi) is 9.12. The second kappa shape index (κ2) is 12.0. The van der Waals surface area contributed by atoms with Gasteiger partial charge in [-0.05, 0) is 50.2 Å². The van der Waals surface area contributed by atoms with E-state index < -0.39 is 24.5 Å². The van der Waals surface area contributed by atoms with E-state index in [2.05, 4.69) is 5.10 Å². The van der Waals surface area contributed by atoms with Gasteiger partial charge in [0.05, 0.1) is 6.17 Å². The lowest BCUT2D eigenvalue weighted by Crippen LogP contribution is -2.55. The molecule has 0 spiro atoms. The van der Waals surface area contributed by atoms with Crippen LogP contribution in [0.4, 0.5) is 0 Å². The fourth-order valence-corrected chi connectivity index (χ4v) is 4.24. The predicted octanol–water partition coefficient (Wildman–Crippen LogP) is 1.56. The molecule has 0 aliphatic heterocycles. The van der Waals surface area contributed by atoms with Gasteiger partial charge >= 0.3 is 7.12 Å². The number of hydrogen-bond acceptors (Lipinski definition) is 7. The summed E-state index contributed by atoms with van der Waals surface area (Å²) in [5.41, 5.74) is 12.0. The van der Waals surface area contributed by atoms with Gasteiger partial charge in [-0.1, -0.05) is 60.7 Å². The molecule has 34 heavy (non-hydrogen) atoms. The summed E-state index contributed by atoms with van der Waals surface area (Å²) in [4.78, 5) is 17.7. The van der Waals surface area contributed by atoms with Crippen LogP contribution in [0.1, 0.15) is 49.0 Å². The van der Waals surface area contributed by atoms with Crippen molar-refractivity contribution in [2.24, 2.45) is 11.5 Å². The third-order valence-corrected chi connectivity index (χ3v) is 6.19. The minimum Gasteiger partial charge on any atom is -0.425 e. The predicted molar refractivity (Wildman–Crippen MR) is 133 cm³/mol. The van der Waals surface area contributed by atoms with Crippen molar-refractivity contribution in [3.63, 3.8) is 0 Å². The first-order valence-electron chi connectivity index (χ1n) is 11.7. The SMILES string of the molecule is CC(=O)C(CCCC(N)N)(B(O)O)n1nc(CCc2ccccc2)nc1CCc1ccccc1. The van der Waals surface area contributed by atoms with Crippen molar-refractivity contribution in [1.82, 2.24) is 14.8 Å². The van der Waals surface area contributed by atoms with Crippen LogP contribution in [0, 0.1) is 0 Å². The number of nitrogens with two attached hydrogens (primary N) is 2. The number of aromatic nitrogens is 3. The standard InChI is InChI=1S/C25H34BN5O3/c1-19(32)25(26(33)34,18-8-13-22(27)28)31-24(17-15-21-11-6-3-7-12-21)29-23(30-31)16-14-20-9-4-2-5-10-20/h2-7,9-12,22,33-34H,8,13-18,27-28H2,1H3. The minimum atomic E-state index is -1.95. The number of rotatable bonds is 13. The van der Waals surface area contributed by atoms with Gasteiger partial charge < -0.3 is 21.5 Å². The van der Waals surface area contributed by atoms with E-state index >= 15 is 0 Å². The summed E-state index contributed by atoms with van der Waals surface area (Å²) in [6, 6.07) is 20.0. The van der Waals surface area contributed by atoms with Gasteiger partial charge in [-0.3, -0.25) is 4.79 Å². The van der Waals surface area contributed by atoms with Crippen LogP contribution in [0.25, 0.3) is 0 Å². The third kappa shape index (κ3) is 6.39. The molecular weight excluding hydrogens is 429 g/mol. The Bertz CT molecular complexity index is 1040. The van der Waals surface area contributed by atoms with E-state index in [1.54, 1.807) is 0 Å². The number of carbonyl (C=O) groups is 1. The van der Waals surface area contributed by atoms with Crippen molar-refractivity contribution in [2.45, 2.75) is 63.5 Å². The first-order valence-corrected chi connectivity index (χ1v) is 11.7. The number of nitrogens with zero attached hydrogens (tertiary/aromatic N) is 3. The zero-order valence-electron chi connectivity index (χ0n) is 19.7. The molecule has 0 bridgehead atoms. The molecule has 1 atom stereocenters. The van der Waals surface area contributed by atoms with E-state index in [9.17, 15) is 14.8 Å². The fraction of sp³-hybridized carbons (Fsp3) is 0.400. The maximum Gasteiger partial charge on any atom is 0.489 e. The van der Waals surface area contributed by atoms with Crippen LogP contribution < -0.4 is 11.5 Å². The summed E-state index contributed by atoms with van der Waals surface area (Å²) in [5, 5.41) is 25.6. The first-order chi connectivity index (χ1) is 16.3. The van der Waals surface area contributed by atoms with Crippen LogP contribution in [0.15, 0.2) is 60.7 Å². The van der Waals surface area contributed by atoms with Gasteiger partial charge in [0.15, 0.2) is 17.0 Å². The largest absolute Gasteiger partial charge is 0.489 e. The van der Waals surface area contributed by atoms with E-state index in [4.69, 9.17) is 16.5 Å². The first kappa shape index (κ1) is 25.8. The van der Waals surface area contributed by atoms with Gasteiger partial charge in [-0.15, -0.1) is 0 Å². The number of aryl methyl sites for hydroxylation is 4. The molecule has 0 saturated heterocycles. The maximum absolute atomic E-state index is 12.9. The third-order valence-electron chi connectivity index (χ3n) is 6.19. The normalized spacial score (nSPS) is 13.1. The lowest BCUT2D eigenvalue weighted by Gasteiger charge is -2.32. The second-order valence-corrected chi connectivity index (χ2v) is 8.74. The summed E-state index contributed by atoms with van der Waals surface area (Å²) < 4.78 is 1.45. The molecule has 0 radical (unpaired) electrons. The van der Waals surface area contributed by atoms with E-state index in [0.29, 0.717) is 43.8 Å². The molecule has 1 unspecified atom stereocenters. The average Bonchev–Trinajstić information content (AvgIpc) is 3.23. The molecule has 1 aromatic heterocycles. The number of ketones is 1. The number of hydrogen-bond donors (Lipinski definition) is 4. The summed E-state index contributed by atoms with van der Waals surface area (Å²) in [6.07, 6.45) is 2.96. The monoisotopic (exact) mass is 463 g/mol. The van der Waals surface area contributed by atoms with Crippen LogP contribution in [0.2, 0.25) is 0 Å². The molecule has 6 N–H and O–H groups in total. The van der Waals surface area contributed by atoms with Crippen molar-refractivity contribution in [1.29, 1.82) is 0 Å². The van der Waals surface area contributed by atoms with Crippen molar-refractivity contribution < 1.29 is 14.8 Å². The molecule has 0 saturated carbocycles. The average molecular weight is 463 g/mol. The van der Waals surface area contributed by atoms with E-state index in [0.717, 1.165) is 17.5 Å². The topological polar surface area (TPSA) is 140 Å². The summed E-state index contributed by atoms with van der Waals surface area (Å²) >= 11 is 0. The zero-order valence-corrected chi connectivity index (χ0v) is 19.7. The molecule has 0 amide bonds. The smallest absolute Gasteiger partial charge is 0.425 e. The van der Waals surface area contributed by atoms with Crippen molar-refractivity contribution in [3.05, 3.63) is 83.4 Å². The van der Waals surface area contributed by atoms with Crippen LogP contribution in [0.5, 0.6) is 0 Å². The molecule has 0 fully saturated rings. The molecule has 1 heterocycles. The number of benzene rings is 2. The second-order valence-electron chi connectivity index (χ2n) is 8.74. The van der Waals surface area contributed by atoms with E-state index in [1.807, 2.05) is 60.7 Å². The lowest BCUT2D eigenvalue weighted by molar-refractivity contribution is -0.123. The highest BCUT2D eigenvalue weighted by atomic mass is 16.4. The van der Waals surface area contributed by atoms with Crippen LogP contribution in [-0.4, -0.2) is 43.9 Å². The Hall–Kier alpha value is -2.85. The molecule has 180 valence electrons. The fourth-order valence-electron chi connectivity index (χ4n) is 4.24. The Morgan fingerprint density at radius 3 is 2.03 bits per heavy atom. The summed E-state index contributed by atoms with van der Waals surface area (Å²) in [7, 11) is -1.95. The minimum absolute atomic E-state index is 0.144. The molecule has 2 aromatic carbocycles. The van der Waals surface area contributed by atoms with Gasteiger partial charge in [0, 0.05) is 12.8 Å². The molecule has 3 aromatic rings. The Labute approximate surface area is 201 Å². The molecule has 0 aliphatic rings. The highest BCUT2D eigenvalue weighted by Crippen LogP contribution is 2.28. The van der Waals surface area contributed by atoms with Crippen molar-refractivity contribution >= 4 is 12.9 Å². The Morgan fingerprint density at radius 2 is 1.53 bits per heavy atom. The molecular formula is C25H34BN5O3. The van der Waals surface area contributed by atoms with Gasteiger partial charge in [0.25, 0.3) is 0 Å². The van der Waals surface area contributed by atoms with E-state index in [-0.39, 0.29) is 6.42 Å². The molecule has 0 aliphatic carbocycles. The number of Topliss-reactive ketones (excluding diaryl/α,β-unsaturated/α-hetero) is 1. The van der Waals surface area contributed by atoms with E-state index in [1.165, 1.54) is 11.6 Å².